The van der Waals surface area contributed by atoms with Gasteiger partial charge in [0.25, 0.3) is 0 Å². The second-order valence-corrected chi connectivity index (χ2v) is 5.32. The molecule has 0 fully saturated rings. The number of hydrogen-bond donors (Lipinski definition) is 2. The summed E-state index contributed by atoms with van der Waals surface area (Å²) >= 11 is 0. The first-order valence-corrected chi connectivity index (χ1v) is 5.91. The average Bonchev–Trinajstić information content (AvgIpc) is 2.10. The minimum Gasteiger partial charge on any atom is -0.480 e. The summed E-state index contributed by atoms with van der Waals surface area (Å²) in [5.74, 6) is -0.381. The van der Waals surface area contributed by atoms with E-state index in [-0.39, 0.29) is 0 Å². The number of rotatable bonds is 8. The third-order valence-corrected chi connectivity index (χ3v) is 2.59. The average molecular weight is 230 g/mol. The summed E-state index contributed by atoms with van der Waals surface area (Å²) in [6.07, 6.45) is 1.62. The van der Waals surface area contributed by atoms with Crippen LogP contribution in [0.15, 0.2) is 0 Å². The maximum absolute atomic E-state index is 11.2. The normalized spacial score (nSPS) is 15.4. The van der Waals surface area contributed by atoms with Gasteiger partial charge in [-0.3, -0.25) is 4.79 Å². The smallest absolute Gasteiger partial charge is 0.323 e. The van der Waals surface area contributed by atoms with Crippen LogP contribution in [0.4, 0.5) is 0 Å². The van der Waals surface area contributed by atoms with E-state index in [1.807, 2.05) is 27.9 Å². The van der Waals surface area contributed by atoms with Crippen LogP contribution >= 0.6 is 0 Å². The highest BCUT2D eigenvalue weighted by Gasteiger charge is 2.32. The lowest BCUT2D eigenvalue weighted by molar-refractivity contribution is -0.144. The van der Waals surface area contributed by atoms with Crippen molar-refractivity contribution in [3.8, 4) is 0 Å². The molecule has 0 aliphatic rings. The van der Waals surface area contributed by atoms with Crippen LogP contribution in [0.2, 0.25) is 0 Å². The predicted molar refractivity (Wildman–Crippen MR) is 66.7 cm³/mol. The van der Waals surface area contributed by atoms with Crippen molar-refractivity contribution in [2.24, 2.45) is 5.92 Å². The van der Waals surface area contributed by atoms with Crippen LogP contribution in [0.1, 0.15) is 33.6 Å². The molecule has 16 heavy (non-hydrogen) atoms. The molecule has 4 heteroatoms. The Balaban J connectivity index is 4.08. The second kappa shape index (κ2) is 6.86. The SMILES string of the molecule is CC(C)CC(C)(NCCCN(C)C)C(=O)O. The fourth-order valence-corrected chi connectivity index (χ4v) is 1.81. The summed E-state index contributed by atoms with van der Waals surface area (Å²) in [5, 5.41) is 12.4. The van der Waals surface area contributed by atoms with Crippen LogP contribution in [-0.4, -0.2) is 48.7 Å². The lowest BCUT2D eigenvalue weighted by Crippen LogP contribution is -2.51. The van der Waals surface area contributed by atoms with Crippen molar-refractivity contribution in [3.63, 3.8) is 0 Å². The number of hydrogen-bond acceptors (Lipinski definition) is 3. The molecule has 1 unspecified atom stereocenters. The monoisotopic (exact) mass is 230 g/mol. The fraction of sp³-hybridized carbons (Fsp3) is 0.917. The van der Waals surface area contributed by atoms with Crippen molar-refractivity contribution in [1.82, 2.24) is 10.2 Å². The molecule has 0 bridgehead atoms. The maximum Gasteiger partial charge on any atom is 0.323 e. The highest BCUT2D eigenvalue weighted by atomic mass is 16.4. The first-order chi connectivity index (χ1) is 7.28. The number of carboxylic acid groups (broad SMARTS) is 1. The van der Waals surface area contributed by atoms with Gasteiger partial charge in [-0.05, 0) is 52.9 Å². The van der Waals surface area contributed by atoms with Gasteiger partial charge in [-0.15, -0.1) is 0 Å². The zero-order chi connectivity index (χ0) is 12.8. The molecule has 96 valence electrons. The van der Waals surface area contributed by atoms with E-state index in [0.717, 1.165) is 19.5 Å². The molecule has 0 radical (unpaired) electrons. The number of nitrogens with zero attached hydrogens (tertiary/aromatic N) is 1. The highest BCUT2D eigenvalue weighted by Crippen LogP contribution is 2.16. The number of aliphatic carboxylic acids is 1. The first kappa shape index (κ1) is 15.4. The Bertz CT molecular complexity index is 217. The van der Waals surface area contributed by atoms with Crippen LogP contribution in [-0.2, 0) is 4.79 Å². The van der Waals surface area contributed by atoms with Crippen molar-refractivity contribution in [1.29, 1.82) is 0 Å². The third-order valence-electron chi connectivity index (χ3n) is 2.59. The Labute approximate surface area is 99.0 Å². The molecule has 1 atom stereocenters. The Hall–Kier alpha value is -0.610. The van der Waals surface area contributed by atoms with Crippen molar-refractivity contribution in [2.75, 3.05) is 27.2 Å². The van der Waals surface area contributed by atoms with Crippen LogP contribution in [0, 0.1) is 5.92 Å². The number of carboxylic acids is 1. The Morgan fingerprint density at radius 2 is 2.00 bits per heavy atom. The summed E-state index contributed by atoms with van der Waals surface area (Å²) in [6.45, 7) is 7.58. The van der Waals surface area contributed by atoms with E-state index >= 15 is 0 Å². The van der Waals surface area contributed by atoms with Crippen LogP contribution < -0.4 is 5.32 Å². The molecule has 4 nitrogen and oxygen atoms in total. The second-order valence-electron chi connectivity index (χ2n) is 5.32. The molecule has 0 saturated carbocycles. The molecule has 2 N–H and O–H groups in total. The zero-order valence-electron chi connectivity index (χ0n) is 11.2. The molecule has 0 amide bonds. The summed E-state index contributed by atoms with van der Waals surface area (Å²) in [6, 6.07) is 0. The van der Waals surface area contributed by atoms with Gasteiger partial charge in [0.15, 0.2) is 0 Å². The third kappa shape index (κ3) is 6.08. The van der Waals surface area contributed by atoms with Crippen LogP contribution in [0.3, 0.4) is 0 Å². The highest BCUT2D eigenvalue weighted by molar-refractivity contribution is 5.78. The molecular formula is C12H26N2O2. The van der Waals surface area contributed by atoms with Gasteiger partial charge in [-0.25, -0.2) is 0 Å². The lowest BCUT2D eigenvalue weighted by atomic mass is 9.90. The molecule has 0 heterocycles. The standard InChI is InChI=1S/C12H26N2O2/c1-10(2)9-12(3,11(15)16)13-7-6-8-14(4)5/h10,13H,6-9H2,1-5H3,(H,15,16). The van der Waals surface area contributed by atoms with E-state index in [2.05, 4.69) is 10.2 Å². The topological polar surface area (TPSA) is 52.6 Å². The van der Waals surface area contributed by atoms with Crippen molar-refractivity contribution >= 4 is 5.97 Å². The van der Waals surface area contributed by atoms with Gasteiger partial charge in [-0.2, -0.15) is 0 Å². The van der Waals surface area contributed by atoms with E-state index in [1.165, 1.54) is 0 Å². The molecule has 0 aliphatic heterocycles. The number of nitrogens with one attached hydrogen (secondary N) is 1. The molecular weight excluding hydrogens is 204 g/mol. The fourth-order valence-electron chi connectivity index (χ4n) is 1.81. The van der Waals surface area contributed by atoms with Gasteiger partial charge >= 0.3 is 5.97 Å². The molecule has 0 aromatic heterocycles. The Kier molecular flexibility index (Phi) is 6.60. The number of carbonyl (C=O) groups is 1. The van der Waals surface area contributed by atoms with Gasteiger partial charge in [0.2, 0.25) is 0 Å². The minimum absolute atomic E-state index is 0.377. The molecule has 0 rings (SSSR count). The quantitative estimate of drug-likeness (QED) is 0.619. The van der Waals surface area contributed by atoms with Crippen molar-refractivity contribution in [2.45, 2.75) is 39.2 Å². The maximum atomic E-state index is 11.2. The molecule has 0 aromatic carbocycles. The zero-order valence-corrected chi connectivity index (χ0v) is 11.2. The summed E-state index contributed by atoms with van der Waals surface area (Å²) in [5.41, 5.74) is -0.791. The Morgan fingerprint density at radius 1 is 1.44 bits per heavy atom. The van der Waals surface area contributed by atoms with E-state index in [9.17, 15) is 9.90 Å². The van der Waals surface area contributed by atoms with Gasteiger partial charge in [-0.1, -0.05) is 13.8 Å². The van der Waals surface area contributed by atoms with Crippen molar-refractivity contribution < 1.29 is 9.90 Å². The molecule has 0 saturated heterocycles. The molecule has 0 aromatic rings. The van der Waals surface area contributed by atoms with Gasteiger partial charge in [0.05, 0.1) is 0 Å². The minimum atomic E-state index is -0.791. The van der Waals surface area contributed by atoms with Gasteiger partial charge in [0.1, 0.15) is 5.54 Å². The van der Waals surface area contributed by atoms with Gasteiger partial charge < -0.3 is 15.3 Å². The lowest BCUT2D eigenvalue weighted by Gasteiger charge is -2.28. The van der Waals surface area contributed by atoms with Crippen LogP contribution in [0.5, 0.6) is 0 Å². The summed E-state index contributed by atoms with van der Waals surface area (Å²) in [4.78, 5) is 13.3. The first-order valence-electron chi connectivity index (χ1n) is 5.91. The van der Waals surface area contributed by atoms with Crippen LogP contribution in [0.25, 0.3) is 0 Å². The summed E-state index contributed by atoms with van der Waals surface area (Å²) in [7, 11) is 4.04. The van der Waals surface area contributed by atoms with E-state index in [4.69, 9.17) is 0 Å². The van der Waals surface area contributed by atoms with Gasteiger partial charge in [0, 0.05) is 0 Å². The van der Waals surface area contributed by atoms with E-state index in [1.54, 1.807) is 6.92 Å². The van der Waals surface area contributed by atoms with Crippen molar-refractivity contribution in [3.05, 3.63) is 0 Å². The predicted octanol–water partition coefficient (Wildman–Crippen LogP) is 1.42. The largest absolute Gasteiger partial charge is 0.480 e. The Morgan fingerprint density at radius 3 is 2.38 bits per heavy atom. The molecule has 0 aliphatic carbocycles. The van der Waals surface area contributed by atoms with E-state index in [0.29, 0.717) is 12.3 Å². The van der Waals surface area contributed by atoms with E-state index < -0.39 is 11.5 Å². The summed E-state index contributed by atoms with van der Waals surface area (Å²) < 4.78 is 0. The molecule has 0 spiro atoms.